The molecule has 0 atom stereocenters. The number of hydrogen-bond acceptors (Lipinski definition) is 3. The molecule has 0 unspecified atom stereocenters. The molecule has 1 rings (SSSR count). The van der Waals surface area contributed by atoms with E-state index in [4.69, 9.17) is 9.84 Å². The number of anilines is 1. The highest BCUT2D eigenvalue weighted by atomic mass is 16.5. The van der Waals surface area contributed by atoms with E-state index in [2.05, 4.69) is 19.2 Å². The Labute approximate surface area is 118 Å². The van der Waals surface area contributed by atoms with Gasteiger partial charge in [-0.1, -0.05) is 13.8 Å². The zero-order valence-corrected chi connectivity index (χ0v) is 11.6. The zero-order valence-electron chi connectivity index (χ0n) is 11.6. The van der Waals surface area contributed by atoms with Crippen molar-refractivity contribution in [3.8, 4) is 5.75 Å². The van der Waals surface area contributed by atoms with Crippen molar-refractivity contribution >= 4 is 17.6 Å². The third-order valence-electron chi connectivity index (χ3n) is 2.46. The number of nitrogens with one attached hydrogen (secondary N) is 1. The fourth-order valence-corrected chi connectivity index (χ4v) is 1.38. The molecule has 0 aliphatic carbocycles. The number of aliphatic carboxylic acids is 1. The minimum atomic E-state index is -1.16. The van der Waals surface area contributed by atoms with Crippen LogP contribution in [0.2, 0.25) is 0 Å². The summed E-state index contributed by atoms with van der Waals surface area (Å²) in [6.07, 6.45) is 2.74. The minimum Gasteiger partial charge on any atom is -0.494 e. The molecule has 2 N–H and O–H groups in total. The highest BCUT2D eigenvalue weighted by molar-refractivity contribution is 6.02. The molecule has 0 saturated heterocycles. The summed E-state index contributed by atoms with van der Waals surface area (Å²) in [5.74, 6) is -0.311. The average Bonchev–Trinajstić information content (AvgIpc) is 2.38. The van der Waals surface area contributed by atoms with Crippen LogP contribution in [0.5, 0.6) is 5.75 Å². The Bertz CT molecular complexity index is 477. The Balaban J connectivity index is 2.46. The van der Waals surface area contributed by atoms with Crippen LogP contribution < -0.4 is 10.1 Å². The topological polar surface area (TPSA) is 75.6 Å². The van der Waals surface area contributed by atoms with E-state index >= 15 is 0 Å². The number of rotatable bonds is 7. The van der Waals surface area contributed by atoms with Crippen LogP contribution in [0.4, 0.5) is 5.69 Å². The lowest BCUT2D eigenvalue weighted by atomic mass is 10.1. The van der Waals surface area contributed by atoms with Gasteiger partial charge in [-0.15, -0.1) is 0 Å². The summed E-state index contributed by atoms with van der Waals surface area (Å²) in [5.41, 5.74) is 0.584. The monoisotopic (exact) mass is 277 g/mol. The Morgan fingerprint density at radius 3 is 2.45 bits per heavy atom. The second-order valence-corrected chi connectivity index (χ2v) is 4.72. The SMILES string of the molecule is CC(C)CCOc1ccc(NC(=O)/C=C/C(=O)O)cc1. The van der Waals surface area contributed by atoms with Crippen molar-refractivity contribution in [3.05, 3.63) is 36.4 Å². The number of hydrogen-bond donors (Lipinski definition) is 2. The smallest absolute Gasteiger partial charge is 0.328 e. The van der Waals surface area contributed by atoms with Crippen molar-refractivity contribution in [3.63, 3.8) is 0 Å². The Morgan fingerprint density at radius 1 is 1.25 bits per heavy atom. The van der Waals surface area contributed by atoms with Crippen LogP contribution in [0.15, 0.2) is 36.4 Å². The van der Waals surface area contributed by atoms with Gasteiger partial charge >= 0.3 is 5.97 Å². The van der Waals surface area contributed by atoms with Crippen molar-refractivity contribution in [2.24, 2.45) is 5.92 Å². The predicted octanol–water partition coefficient (Wildman–Crippen LogP) is 2.69. The van der Waals surface area contributed by atoms with Gasteiger partial charge in [0.1, 0.15) is 5.75 Å². The first-order valence-electron chi connectivity index (χ1n) is 6.42. The number of carbonyl (C=O) groups is 2. The van der Waals surface area contributed by atoms with Gasteiger partial charge in [0.05, 0.1) is 6.61 Å². The molecule has 1 aromatic carbocycles. The van der Waals surface area contributed by atoms with Gasteiger partial charge in [-0.05, 0) is 36.6 Å². The van der Waals surface area contributed by atoms with E-state index in [0.29, 0.717) is 18.2 Å². The molecular formula is C15H19NO4. The van der Waals surface area contributed by atoms with Crippen molar-refractivity contribution in [1.29, 1.82) is 0 Å². The molecule has 5 nitrogen and oxygen atoms in total. The van der Waals surface area contributed by atoms with Crippen LogP contribution in [0, 0.1) is 5.92 Å². The van der Waals surface area contributed by atoms with Gasteiger partial charge < -0.3 is 15.2 Å². The van der Waals surface area contributed by atoms with E-state index in [9.17, 15) is 9.59 Å². The standard InChI is InChI=1S/C15H19NO4/c1-11(2)9-10-20-13-5-3-12(4-6-13)16-14(17)7-8-15(18)19/h3-8,11H,9-10H2,1-2H3,(H,16,17)(H,18,19)/b8-7+. The summed E-state index contributed by atoms with van der Waals surface area (Å²) in [7, 11) is 0. The lowest BCUT2D eigenvalue weighted by Gasteiger charge is -2.09. The summed E-state index contributed by atoms with van der Waals surface area (Å²) in [5, 5.41) is 11.0. The van der Waals surface area contributed by atoms with E-state index in [1.807, 2.05) is 0 Å². The summed E-state index contributed by atoms with van der Waals surface area (Å²) in [6.45, 7) is 4.92. The quantitative estimate of drug-likeness (QED) is 0.751. The molecule has 108 valence electrons. The molecule has 1 aromatic rings. The van der Waals surface area contributed by atoms with Gasteiger partial charge in [0, 0.05) is 17.8 Å². The van der Waals surface area contributed by atoms with Crippen molar-refractivity contribution < 1.29 is 19.4 Å². The van der Waals surface area contributed by atoms with E-state index < -0.39 is 11.9 Å². The van der Waals surface area contributed by atoms with Crippen molar-refractivity contribution in [2.75, 3.05) is 11.9 Å². The van der Waals surface area contributed by atoms with E-state index in [-0.39, 0.29) is 0 Å². The number of carboxylic acid groups (broad SMARTS) is 1. The predicted molar refractivity (Wildman–Crippen MR) is 76.8 cm³/mol. The van der Waals surface area contributed by atoms with Crippen molar-refractivity contribution in [2.45, 2.75) is 20.3 Å². The summed E-state index contributed by atoms with van der Waals surface area (Å²) in [4.78, 5) is 21.6. The molecule has 20 heavy (non-hydrogen) atoms. The maximum Gasteiger partial charge on any atom is 0.328 e. The van der Waals surface area contributed by atoms with Crippen LogP contribution in [-0.4, -0.2) is 23.6 Å². The first kappa shape index (κ1) is 15.8. The lowest BCUT2D eigenvalue weighted by molar-refractivity contribution is -0.131. The molecule has 5 heteroatoms. The lowest BCUT2D eigenvalue weighted by Crippen LogP contribution is -2.08. The average molecular weight is 277 g/mol. The second-order valence-electron chi connectivity index (χ2n) is 4.72. The van der Waals surface area contributed by atoms with Crippen LogP contribution in [0.1, 0.15) is 20.3 Å². The van der Waals surface area contributed by atoms with Crippen LogP contribution >= 0.6 is 0 Å². The Hall–Kier alpha value is -2.30. The zero-order chi connectivity index (χ0) is 15.0. The normalized spacial score (nSPS) is 10.8. The summed E-state index contributed by atoms with van der Waals surface area (Å²) in [6, 6.07) is 6.93. The second kappa shape index (κ2) is 7.99. The number of carboxylic acids is 1. The first-order valence-corrected chi connectivity index (χ1v) is 6.42. The van der Waals surface area contributed by atoms with Gasteiger partial charge in [0.2, 0.25) is 5.91 Å². The summed E-state index contributed by atoms with van der Waals surface area (Å²) < 4.78 is 5.55. The van der Waals surface area contributed by atoms with Gasteiger partial charge in [0.15, 0.2) is 0 Å². The third-order valence-corrected chi connectivity index (χ3v) is 2.46. The van der Waals surface area contributed by atoms with Gasteiger partial charge in [-0.25, -0.2) is 4.79 Å². The number of amides is 1. The van der Waals surface area contributed by atoms with Gasteiger partial charge in [0.25, 0.3) is 0 Å². The molecule has 0 aliphatic rings. The molecular weight excluding hydrogens is 258 g/mol. The molecule has 0 heterocycles. The minimum absolute atomic E-state index is 0.485. The Kier molecular flexibility index (Phi) is 6.29. The van der Waals surface area contributed by atoms with E-state index in [1.54, 1.807) is 24.3 Å². The molecule has 0 fully saturated rings. The molecule has 0 saturated carbocycles. The highest BCUT2D eigenvalue weighted by Crippen LogP contribution is 2.16. The van der Waals surface area contributed by atoms with Crippen molar-refractivity contribution in [1.82, 2.24) is 0 Å². The first-order chi connectivity index (χ1) is 9.47. The molecule has 1 amide bonds. The van der Waals surface area contributed by atoms with Crippen LogP contribution in [0.25, 0.3) is 0 Å². The number of benzene rings is 1. The molecule has 0 aliphatic heterocycles. The molecule has 0 bridgehead atoms. The maximum absolute atomic E-state index is 11.4. The third kappa shape index (κ3) is 6.58. The Morgan fingerprint density at radius 2 is 1.90 bits per heavy atom. The van der Waals surface area contributed by atoms with E-state index in [0.717, 1.165) is 24.3 Å². The van der Waals surface area contributed by atoms with Gasteiger partial charge in [-0.3, -0.25) is 4.79 Å². The molecule has 0 radical (unpaired) electrons. The fourth-order valence-electron chi connectivity index (χ4n) is 1.38. The van der Waals surface area contributed by atoms with E-state index in [1.165, 1.54) is 0 Å². The maximum atomic E-state index is 11.4. The molecule has 0 aromatic heterocycles. The highest BCUT2D eigenvalue weighted by Gasteiger charge is 2.00. The van der Waals surface area contributed by atoms with Crippen LogP contribution in [-0.2, 0) is 9.59 Å². The fraction of sp³-hybridized carbons (Fsp3) is 0.333. The number of ether oxygens (including phenoxy) is 1. The molecule has 0 spiro atoms. The number of carbonyl (C=O) groups excluding carboxylic acids is 1. The summed E-state index contributed by atoms with van der Waals surface area (Å²) >= 11 is 0. The largest absolute Gasteiger partial charge is 0.494 e. The van der Waals surface area contributed by atoms with Crippen LogP contribution in [0.3, 0.4) is 0 Å². The van der Waals surface area contributed by atoms with Gasteiger partial charge in [-0.2, -0.15) is 0 Å².